The zero-order chi connectivity index (χ0) is 12.2. The molecule has 1 amide bonds. The number of amides is 1. The molecule has 0 aromatic rings. The van der Waals surface area contributed by atoms with Crippen molar-refractivity contribution < 1.29 is 30.0 Å². The molecule has 5 N–H and O–H groups in total. The molecule has 0 aliphatic heterocycles. The van der Waals surface area contributed by atoms with E-state index in [0.29, 0.717) is 0 Å². The number of hydrogen-bond donors (Lipinski definition) is 5. The number of rotatable bonds is 5. The summed E-state index contributed by atoms with van der Waals surface area (Å²) in [6, 6.07) is 0. The molecule has 0 radical (unpaired) electrons. The van der Waals surface area contributed by atoms with E-state index in [9.17, 15) is 19.8 Å². The SMILES string of the molecule is CNC(=O)[C@H](O)[C@@H](O)[C@@H](O)[C@H](O)C(C)=O. The Morgan fingerprint density at radius 3 is 1.73 bits per heavy atom. The van der Waals surface area contributed by atoms with Gasteiger partial charge in [-0.25, -0.2) is 0 Å². The molecule has 0 aromatic carbocycles. The largest absolute Gasteiger partial charge is 0.387 e. The van der Waals surface area contributed by atoms with E-state index in [1.807, 2.05) is 5.32 Å². The highest BCUT2D eigenvalue weighted by molar-refractivity contribution is 5.82. The van der Waals surface area contributed by atoms with Crippen molar-refractivity contribution in [2.75, 3.05) is 7.05 Å². The van der Waals surface area contributed by atoms with Gasteiger partial charge in [0.1, 0.15) is 18.3 Å². The van der Waals surface area contributed by atoms with E-state index >= 15 is 0 Å². The molecule has 7 nitrogen and oxygen atoms in total. The Morgan fingerprint density at radius 2 is 1.40 bits per heavy atom. The molecule has 0 rings (SSSR count). The molecule has 7 heteroatoms. The van der Waals surface area contributed by atoms with Crippen LogP contribution in [0.25, 0.3) is 0 Å². The number of aliphatic hydroxyl groups excluding tert-OH is 4. The highest BCUT2D eigenvalue weighted by atomic mass is 16.4. The maximum atomic E-state index is 10.9. The summed E-state index contributed by atoms with van der Waals surface area (Å²) < 4.78 is 0. The fourth-order valence-electron chi connectivity index (χ4n) is 0.917. The van der Waals surface area contributed by atoms with Crippen LogP contribution in [0.15, 0.2) is 0 Å². The molecular formula is C8H15NO6. The Hall–Kier alpha value is -1.02. The maximum Gasteiger partial charge on any atom is 0.251 e. The summed E-state index contributed by atoms with van der Waals surface area (Å²) in [6.45, 7) is 1.01. The number of carbonyl (C=O) groups excluding carboxylic acids is 2. The van der Waals surface area contributed by atoms with Crippen LogP contribution >= 0.6 is 0 Å². The van der Waals surface area contributed by atoms with Crippen LogP contribution < -0.4 is 5.32 Å². The highest BCUT2D eigenvalue weighted by Crippen LogP contribution is 2.06. The molecule has 0 saturated heterocycles. The summed E-state index contributed by atoms with van der Waals surface area (Å²) in [5.74, 6) is -1.69. The standard InChI is InChI=1S/C8H15NO6/c1-3(10)4(11)5(12)6(13)7(14)8(15)9-2/h4-7,11-14H,1-2H3,(H,9,15)/t4-,5+,6+,7-/m1/s1. The maximum absolute atomic E-state index is 10.9. The van der Waals surface area contributed by atoms with Gasteiger partial charge in [-0.2, -0.15) is 0 Å². The topological polar surface area (TPSA) is 127 Å². The van der Waals surface area contributed by atoms with Gasteiger partial charge in [-0.05, 0) is 6.92 Å². The van der Waals surface area contributed by atoms with Gasteiger partial charge in [0.2, 0.25) is 0 Å². The van der Waals surface area contributed by atoms with Crippen LogP contribution in [0.3, 0.4) is 0 Å². The number of Topliss-reactive ketones (excluding diaryl/α,β-unsaturated/α-hetero) is 1. The molecule has 0 spiro atoms. The average Bonchev–Trinajstić information content (AvgIpc) is 2.23. The van der Waals surface area contributed by atoms with Gasteiger partial charge in [-0.15, -0.1) is 0 Å². The third kappa shape index (κ3) is 3.56. The minimum atomic E-state index is -1.93. The average molecular weight is 221 g/mol. The molecule has 4 atom stereocenters. The normalized spacial score (nSPS) is 18.8. The number of likely N-dealkylation sites (N-methyl/N-ethyl adjacent to an activating group) is 1. The number of carbonyl (C=O) groups is 2. The van der Waals surface area contributed by atoms with Crippen LogP contribution in [0.2, 0.25) is 0 Å². The number of nitrogens with one attached hydrogen (secondary N) is 1. The van der Waals surface area contributed by atoms with Gasteiger partial charge in [-0.3, -0.25) is 9.59 Å². The first-order valence-electron chi connectivity index (χ1n) is 4.27. The predicted octanol–water partition coefficient (Wildman–Crippen LogP) is -3.23. The van der Waals surface area contributed by atoms with E-state index < -0.39 is 36.1 Å². The highest BCUT2D eigenvalue weighted by Gasteiger charge is 2.35. The number of hydrogen-bond acceptors (Lipinski definition) is 6. The molecular weight excluding hydrogens is 206 g/mol. The number of aliphatic hydroxyl groups is 4. The van der Waals surface area contributed by atoms with Crippen LogP contribution in [0.4, 0.5) is 0 Å². The summed E-state index contributed by atoms with van der Waals surface area (Å²) in [4.78, 5) is 21.5. The van der Waals surface area contributed by atoms with Crippen molar-refractivity contribution in [2.45, 2.75) is 31.3 Å². The van der Waals surface area contributed by atoms with Gasteiger partial charge in [-0.1, -0.05) is 0 Å². The first-order chi connectivity index (χ1) is 6.82. The molecule has 0 aromatic heterocycles. The fourth-order valence-corrected chi connectivity index (χ4v) is 0.917. The monoisotopic (exact) mass is 221 g/mol. The van der Waals surface area contributed by atoms with Crippen molar-refractivity contribution in [2.24, 2.45) is 0 Å². The third-order valence-corrected chi connectivity index (χ3v) is 1.93. The Balaban J connectivity index is 4.49. The Morgan fingerprint density at radius 1 is 1.00 bits per heavy atom. The lowest BCUT2D eigenvalue weighted by Gasteiger charge is -2.24. The van der Waals surface area contributed by atoms with Crippen LogP contribution in [-0.4, -0.2) is 63.6 Å². The van der Waals surface area contributed by atoms with E-state index in [-0.39, 0.29) is 0 Å². The third-order valence-electron chi connectivity index (χ3n) is 1.93. The second-order valence-electron chi connectivity index (χ2n) is 3.10. The van der Waals surface area contributed by atoms with Crippen LogP contribution in [0.5, 0.6) is 0 Å². The van der Waals surface area contributed by atoms with E-state index in [0.717, 1.165) is 6.92 Å². The minimum absolute atomic E-state index is 0.773. The summed E-state index contributed by atoms with van der Waals surface area (Å²) >= 11 is 0. The summed E-state index contributed by atoms with van der Waals surface area (Å²) in [7, 11) is 1.23. The van der Waals surface area contributed by atoms with Gasteiger partial charge < -0.3 is 25.7 Å². The summed E-state index contributed by atoms with van der Waals surface area (Å²) in [5.41, 5.74) is 0. The predicted molar refractivity (Wildman–Crippen MR) is 48.8 cm³/mol. The van der Waals surface area contributed by atoms with Crippen LogP contribution in [0.1, 0.15) is 6.92 Å². The van der Waals surface area contributed by atoms with Crippen molar-refractivity contribution in [3.8, 4) is 0 Å². The van der Waals surface area contributed by atoms with Gasteiger partial charge in [0.05, 0.1) is 0 Å². The van der Waals surface area contributed by atoms with E-state index in [2.05, 4.69) is 0 Å². The van der Waals surface area contributed by atoms with Crippen molar-refractivity contribution in [1.29, 1.82) is 0 Å². The van der Waals surface area contributed by atoms with Crippen molar-refractivity contribution in [1.82, 2.24) is 5.32 Å². The van der Waals surface area contributed by atoms with Crippen molar-refractivity contribution >= 4 is 11.7 Å². The Labute approximate surface area is 86.3 Å². The molecule has 88 valence electrons. The van der Waals surface area contributed by atoms with Gasteiger partial charge in [0, 0.05) is 7.05 Å². The Bertz CT molecular complexity index is 243. The first-order valence-corrected chi connectivity index (χ1v) is 4.27. The summed E-state index contributed by atoms with van der Waals surface area (Å²) in [5, 5.41) is 38.7. The van der Waals surface area contributed by atoms with Crippen LogP contribution in [0, 0.1) is 0 Å². The van der Waals surface area contributed by atoms with Gasteiger partial charge >= 0.3 is 0 Å². The van der Waals surface area contributed by atoms with E-state index in [1.54, 1.807) is 0 Å². The lowest BCUT2D eigenvalue weighted by Crippen LogP contribution is -2.51. The molecule has 0 bridgehead atoms. The second-order valence-corrected chi connectivity index (χ2v) is 3.10. The van der Waals surface area contributed by atoms with Gasteiger partial charge in [0.15, 0.2) is 11.9 Å². The Kier molecular flexibility index (Phi) is 5.37. The lowest BCUT2D eigenvalue weighted by molar-refractivity contribution is -0.153. The molecule has 0 aliphatic rings. The minimum Gasteiger partial charge on any atom is -0.387 e. The van der Waals surface area contributed by atoms with Crippen molar-refractivity contribution in [3.63, 3.8) is 0 Å². The summed E-state index contributed by atoms with van der Waals surface area (Å²) in [6.07, 6.45) is -7.57. The number of ketones is 1. The lowest BCUT2D eigenvalue weighted by atomic mass is 10.0. The van der Waals surface area contributed by atoms with Crippen LogP contribution in [-0.2, 0) is 9.59 Å². The quantitative estimate of drug-likeness (QED) is 0.332. The van der Waals surface area contributed by atoms with E-state index in [4.69, 9.17) is 10.2 Å². The van der Waals surface area contributed by atoms with E-state index in [1.165, 1.54) is 7.05 Å². The molecule has 15 heavy (non-hydrogen) atoms. The zero-order valence-electron chi connectivity index (χ0n) is 8.41. The van der Waals surface area contributed by atoms with Gasteiger partial charge in [0.25, 0.3) is 5.91 Å². The molecule has 0 heterocycles. The fraction of sp³-hybridized carbons (Fsp3) is 0.750. The van der Waals surface area contributed by atoms with Crippen molar-refractivity contribution in [3.05, 3.63) is 0 Å². The molecule has 0 aliphatic carbocycles. The second kappa shape index (κ2) is 5.76. The smallest absolute Gasteiger partial charge is 0.251 e. The molecule has 0 saturated carbocycles. The first kappa shape index (κ1) is 14.0. The molecule has 0 fully saturated rings. The molecule has 0 unspecified atom stereocenters. The zero-order valence-corrected chi connectivity index (χ0v) is 8.41.